The Labute approximate surface area is 148 Å². The molecule has 0 radical (unpaired) electrons. The molecular formula is C15H22F3N5O3. The van der Waals surface area contributed by atoms with Crippen LogP contribution >= 0.6 is 0 Å². The van der Waals surface area contributed by atoms with Crippen LogP contribution in [0.25, 0.3) is 0 Å². The Hall–Kier alpha value is -2.14. The predicted molar refractivity (Wildman–Crippen MR) is 85.1 cm³/mol. The summed E-state index contributed by atoms with van der Waals surface area (Å²) in [6.45, 7) is 5.17. The number of rotatable bonds is 5. The highest BCUT2D eigenvalue weighted by molar-refractivity contribution is 5.96. The van der Waals surface area contributed by atoms with Crippen molar-refractivity contribution in [2.45, 2.75) is 32.6 Å². The fraction of sp³-hybridized carbons (Fsp3) is 0.667. The summed E-state index contributed by atoms with van der Waals surface area (Å²) in [6, 6.07) is 0.0874. The molecule has 1 saturated heterocycles. The third-order valence-electron chi connectivity index (χ3n) is 4.08. The van der Waals surface area contributed by atoms with E-state index < -0.39 is 30.7 Å². The van der Waals surface area contributed by atoms with Crippen LogP contribution in [0.4, 0.5) is 18.0 Å². The average Bonchev–Trinajstić information content (AvgIpc) is 2.97. The van der Waals surface area contributed by atoms with Crippen LogP contribution in [-0.4, -0.2) is 71.8 Å². The molecule has 0 saturated carbocycles. The monoisotopic (exact) mass is 377 g/mol. The maximum absolute atomic E-state index is 12.0. The third kappa shape index (κ3) is 6.30. The molecule has 0 spiro atoms. The highest BCUT2D eigenvalue weighted by Crippen LogP contribution is 2.12. The summed E-state index contributed by atoms with van der Waals surface area (Å²) in [5.74, 6) is 0.109. The number of alkyl halides is 3. The molecule has 2 heterocycles. The summed E-state index contributed by atoms with van der Waals surface area (Å²) in [5, 5.41) is 7.49. The third-order valence-corrected chi connectivity index (χ3v) is 4.08. The first-order valence-corrected chi connectivity index (χ1v) is 8.18. The van der Waals surface area contributed by atoms with E-state index >= 15 is 0 Å². The minimum atomic E-state index is -4.52. The number of aromatic nitrogens is 1. The quantitative estimate of drug-likeness (QED) is 0.792. The maximum Gasteiger partial charge on any atom is 0.405 e. The second kappa shape index (κ2) is 8.49. The summed E-state index contributed by atoms with van der Waals surface area (Å²) in [5.41, 5.74) is 0.836. The zero-order valence-electron chi connectivity index (χ0n) is 14.6. The van der Waals surface area contributed by atoms with E-state index in [4.69, 9.17) is 4.52 Å². The van der Waals surface area contributed by atoms with Crippen LogP contribution in [0.3, 0.4) is 0 Å². The number of halogens is 3. The summed E-state index contributed by atoms with van der Waals surface area (Å²) in [4.78, 5) is 27.4. The molecule has 0 aliphatic carbocycles. The predicted octanol–water partition coefficient (Wildman–Crippen LogP) is 0.877. The summed E-state index contributed by atoms with van der Waals surface area (Å²) in [7, 11) is 0. The number of nitrogens with zero attached hydrogens (tertiary/aromatic N) is 3. The molecule has 1 aromatic heterocycles. The first kappa shape index (κ1) is 20.2. The van der Waals surface area contributed by atoms with Crippen LogP contribution in [0, 0.1) is 6.92 Å². The lowest BCUT2D eigenvalue weighted by molar-refractivity contribution is -0.127. The van der Waals surface area contributed by atoms with Crippen LogP contribution in [0.1, 0.15) is 18.4 Å². The van der Waals surface area contributed by atoms with E-state index in [-0.39, 0.29) is 0 Å². The van der Waals surface area contributed by atoms with Gasteiger partial charge in [0.2, 0.25) is 5.91 Å². The molecule has 3 amide bonds. The van der Waals surface area contributed by atoms with Gasteiger partial charge in [-0.1, -0.05) is 5.16 Å². The van der Waals surface area contributed by atoms with Gasteiger partial charge in [-0.3, -0.25) is 19.9 Å². The van der Waals surface area contributed by atoms with Gasteiger partial charge in [-0.25, -0.2) is 4.79 Å². The number of carbonyl (C=O) groups excluding carboxylic acids is 2. The normalized spacial score (nSPS) is 17.7. The van der Waals surface area contributed by atoms with E-state index in [1.807, 2.05) is 23.2 Å². The summed E-state index contributed by atoms with van der Waals surface area (Å²) in [6.07, 6.45) is -4.52. The second-order valence-electron chi connectivity index (χ2n) is 6.20. The maximum atomic E-state index is 12.0. The van der Waals surface area contributed by atoms with Gasteiger partial charge in [-0.05, 0) is 13.8 Å². The first-order chi connectivity index (χ1) is 12.1. The van der Waals surface area contributed by atoms with Crippen molar-refractivity contribution in [2.75, 3.05) is 32.7 Å². The number of carbonyl (C=O) groups is 2. The first-order valence-electron chi connectivity index (χ1n) is 8.18. The number of amides is 3. The van der Waals surface area contributed by atoms with Gasteiger partial charge in [0.1, 0.15) is 12.3 Å². The van der Waals surface area contributed by atoms with Crippen LogP contribution in [-0.2, 0) is 11.3 Å². The van der Waals surface area contributed by atoms with E-state index in [2.05, 4.69) is 10.1 Å². The van der Waals surface area contributed by atoms with Crippen LogP contribution in [0.5, 0.6) is 0 Å². The zero-order valence-corrected chi connectivity index (χ0v) is 14.6. The lowest BCUT2D eigenvalue weighted by Crippen LogP contribution is -2.55. The van der Waals surface area contributed by atoms with Crippen molar-refractivity contribution in [3.8, 4) is 0 Å². The molecule has 1 aliphatic heterocycles. The minimum Gasteiger partial charge on any atom is -0.361 e. The molecule has 0 aromatic carbocycles. The van der Waals surface area contributed by atoms with Crippen molar-refractivity contribution < 1.29 is 27.3 Å². The highest BCUT2D eigenvalue weighted by atomic mass is 19.4. The zero-order chi connectivity index (χ0) is 19.3. The van der Waals surface area contributed by atoms with Crippen LogP contribution in [0.15, 0.2) is 10.6 Å². The van der Waals surface area contributed by atoms with Gasteiger partial charge >= 0.3 is 12.2 Å². The van der Waals surface area contributed by atoms with Gasteiger partial charge in [0, 0.05) is 38.8 Å². The second-order valence-corrected chi connectivity index (χ2v) is 6.20. The van der Waals surface area contributed by atoms with Crippen molar-refractivity contribution in [3.05, 3.63) is 17.5 Å². The van der Waals surface area contributed by atoms with Gasteiger partial charge in [0.15, 0.2) is 0 Å². The topological polar surface area (TPSA) is 90.7 Å². The Morgan fingerprint density at radius 1 is 1.31 bits per heavy atom. The van der Waals surface area contributed by atoms with Crippen molar-refractivity contribution >= 4 is 11.9 Å². The molecule has 1 aliphatic rings. The van der Waals surface area contributed by atoms with Crippen molar-refractivity contribution in [1.82, 2.24) is 25.6 Å². The van der Waals surface area contributed by atoms with Gasteiger partial charge in [0.25, 0.3) is 0 Å². The molecule has 1 atom stereocenters. The molecule has 2 rings (SSSR count). The average molecular weight is 377 g/mol. The fourth-order valence-corrected chi connectivity index (χ4v) is 2.64. The lowest BCUT2D eigenvalue weighted by atomic mass is 10.2. The lowest BCUT2D eigenvalue weighted by Gasteiger charge is -2.36. The van der Waals surface area contributed by atoms with Crippen molar-refractivity contribution in [2.24, 2.45) is 0 Å². The fourth-order valence-electron chi connectivity index (χ4n) is 2.64. The van der Waals surface area contributed by atoms with Crippen LogP contribution < -0.4 is 10.6 Å². The molecule has 2 N–H and O–H groups in total. The number of hydrogen-bond acceptors (Lipinski definition) is 6. The Morgan fingerprint density at radius 2 is 1.96 bits per heavy atom. The van der Waals surface area contributed by atoms with Crippen LogP contribution in [0.2, 0.25) is 0 Å². The summed E-state index contributed by atoms with van der Waals surface area (Å²) < 4.78 is 41.2. The largest absolute Gasteiger partial charge is 0.405 e. The van der Waals surface area contributed by atoms with E-state index in [0.717, 1.165) is 11.5 Å². The number of aryl methyl sites for hydroxylation is 1. The Bertz CT molecular complexity index is 626. The Kier molecular flexibility index (Phi) is 6.59. The Morgan fingerprint density at radius 3 is 2.50 bits per heavy atom. The molecule has 146 valence electrons. The SMILES string of the molecule is Cc1cc(CN2CCN([C@H](C)C(=O)NC(=O)NCC(F)(F)F)CC2)no1. The summed E-state index contributed by atoms with van der Waals surface area (Å²) >= 11 is 0. The smallest absolute Gasteiger partial charge is 0.361 e. The Balaban J connectivity index is 1.73. The van der Waals surface area contributed by atoms with E-state index in [1.54, 1.807) is 12.2 Å². The number of imide groups is 1. The molecule has 0 bridgehead atoms. The molecule has 11 heteroatoms. The highest BCUT2D eigenvalue weighted by Gasteiger charge is 2.30. The molecular weight excluding hydrogens is 355 g/mol. The van der Waals surface area contributed by atoms with Gasteiger partial charge < -0.3 is 9.84 Å². The number of urea groups is 1. The van der Waals surface area contributed by atoms with E-state index in [1.165, 1.54) is 0 Å². The minimum absolute atomic E-state index is 0.593. The van der Waals surface area contributed by atoms with Crippen molar-refractivity contribution in [1.29, 1.82) is 0 Å². The molecule has 1 aromatic rings. The molecule has 0 unspecified atom stereocenters. The molecule has 26 heavy (non-hydrogen) atoms. The van der Waals surface area contributed by atoms with Gasteiger partial charge in [0.05, 0.1) is 11.7 Å². The van der Waals surface area contributed by atoms with Crippen molar-refractivity contribution in [3.63, 3.8) is 0 Å². The number of piperazine rings is 1. The number of nitrogens with one attached hydrogen (secondary N) is 2. The van der Waals surface area contributed by atoms with Gasteiger partial charge in [-0.15, -0.1) is 0 Å². The molecule has 8 nitrogen and oxygen atoms in total. The molecule has 1 fully saturated rings. The van der Waals surface area contributed by atoms with E-state index in [9.17, 15) is 22.8 Å². The number of hydrogen-bond donors (Lipinski definition) is 2. The van der Waals surface area contributed by atoms with E-state index in [0.29, 0.717) is 32.7 Å². The standard InChI is InChI=1S/C15H22F3N5O3/c1-10-7-12(21-26-10)8-22-3-5-23(6-4-22)11(2)13(24)20-14(25)19-9-15(16,17)18/h7,11H,3-6,8-9H2,1-2H3,(H2,19,20,24,25)/t11-/m1/s1. The van der Waals surface area contributed by atoms with Gasteiger partial charge in [-0.2, -0.15) is 13.2 Å².